The van der Waals surface area contributed by atoms with E-state index in [4.69, 9.17) is 0 Å². The molecule has 2 rings (SSSR count). The molecule has 1 aliphatic carbocycles. The SMILES string of the molecule is C[C@H]1CCCC[C@H]1NC(=O)c1ccnc(F)c1. The summed E-state index contributed by atoms with van der Waals surface area (Å²) in [5.41, 5.74) is 0.343. The number of rotatable bonds is 2. The Bertz CT molecular complexity index is 408. The second kappa shape index (κ2) is 5.25. The maximum absolute atomic E-state index is 12.9. The summed E-state index contributed by atoms with van der Waals surface area (Å²) < 4.78 is 12.9. The summed E-state index contributed by atoms with van der Waals surface area (Å²) in [7, 11) is 0. The largest absolute Gasteiger partial charge is 0.349 e. The Hall–Kier alpha value is -1.45. The Morgan fingerprint density at radius 2 is 2.24 bits per heavy atom. The monoisotopic (exact) mass is 236 g/mol. The van der Waals surface area contributed by atoms with Crippen LogP contribution in [0.25, 0.3) is 0 Å². The van der Waals surface area contributed by atoms with Gasteiger partial charge in [-0.05, 0) is 24.8 Å². The van der Waals surface area contributed by atoms with Crippen LogP contribution in [-0.2, 0) is 0 Å². The standard InChI is InChI=1S/C13H17FN2O/c1-9-4-2-3-5-11(9)16-13(17)10-6-7-15-12(14)8-10/h6-9,11H,2-5H2,1H3,(H,16,17)/t9-,11+/m0/s1. The molecule has 0 radical (unpaired) electrons. The lowest BCUT2D eigenvalue weighted by Gasteiger charge is -2.29. The van der Waals surface area contributed by atoms with Gasteiger partial charge in [0.1, 0.15) is 0 Å². The maximum atomic E-state index is 12.9. The molecule has 0 unspecified atom stereocenters. The van der Waals surface area contributed by atoms with E-state index >= 15 is 0 Å². The highest BCUT2D eigenvalue weighted by Crippen LogP contribution is 2.23. The number of carbonyl (C=O) groups is 1. The summed E-state index contributed by atoms with van der Waals surface area (Å²) in [6.07, 6.45) is 5.86. The molecule has 2 atom stereocenters. The molecule has 0 spiro atoms. The van der Waals surface area contributed by atoms with E-state index in [1.54, 1.807) is 0 Å². The van der Waals surface area contributed by atoms with Crippen LogP contribution in [0.1, 0.15) is 43.0 Å². The zero-order chi connectivity index (χ0) is 12.3. The van der Waals surface area contributed by atoms with Crippen LogP contribution in [0.4, 0.5) is 4.39 Å². The highest BCUT2D eigenvalue weighted by Gasteiger charge is 2.23. The number of nitrogens with zero attached hydrogens (tertiary/aromatic N) is 1. The smallest absolute Gasteiger partial charge is 0.251 e. The van der Waals surface area contributed by atoms with Crippen molar-refractivity contribution in [3.63, 3.8) is 0 Å². The minimum absolute atomic E-state index is 0.204. The zero-order valence-corrected chi connectivity index (χ0v) is 9.95. The van der Waals surface area contributed by atoms with Crippen molar-refractivity contribution in [3.05, 3.63) is 29.8 Å². The molecular weight excluding hydrogens is 219 g/mol. The van der Waals surface area contributed by atoms with E-state index in [-0.39, 0.29) is 11.9 Å². The van der Waals surface area contributed by atoms with Crippen molar-refractivity contribution in [1.82, 2.24) is 10.3 Å². The fourth-order valence-electron chi connectivity index (χ4n) is 2.33. The summed E-state index contributed by atoms with van der Waals surface area (Å²) in [6.45, 7) is 2.15. The maximum Gasteiger partial charge on any atom is 0.251 e. The first-order valence-corrected chi connectivity index (χ1v) is 6.09. The van der Waals surface area contributed by atoms with E-state index in [1.165, 1.54) is 24.8 Å². The van der Waals surface area contributed by atoms with E-state index in [0.717, 1.165) is 19.3 Å². The van der Waals surface area contributed by atoms with Gasteiger partial charge in [-0.1, -0.05) is 19.8 Å². The molecule has 1 aliphatic rings. The minimum Gasteiger partial charge on any atom is -0.349 e. The van der Waals surface area contributed by atoms with E-state index in [1.807, 2.05) is 0 Å². The quantitative estimate of drug-likeness (QED) is 0.802. The van der Waals surface area contributed by atoms with Crippen LogP contribution in [0, 0.1) is 11.9 Å². The number of hydrogen-bond acceptors (Lipinski definition) is 2. The van der Waals surface area contributed by atoms with Gasteiger partial charge in [0.15, 0.2) is 0 Å². The summed E-state index contributed by atoms with van der Waals surface area (Å²) >= 11 is 0. The fraction of sp³-hybridized carbons (Fsp3) is 0.538. The van der Waals surface area contributed by atoms with Gasteiger partial charge < -0.3 is 5.32 Å². The molecule has 4 heteroatoms. The van der Waals surface area contributed by atoms with Gasteiger partial charge in [-0.25, -0.2) is 4.98 Å². The van der Waals surface area contributed by atoms with Crippen LogP contribution in [-0.4, -0.2) is 16.9 Å². The van der Waals surface area contributed by atoms with E-state index in [0.29, 0.717) is 11.5 Å². The first kappa shape index (κ1) is 12.0. The van der Waals surface area contributed by atoms with Crippen molar-refractivity contribution in [1.29, 1.82) is 0 Å². The lowest BCUT2D eigenvalue weighted by Crippen LogP contribution is -2.41. The average Bonchev–Trinajstić information content (AvgIpc) is 2.32. The summed E-state index contributed by atoms with van der Waals surface area (Å²) in [5, 5.41) is 2.98. The first-order valence-electron chi connectivity index (χ1n) is 6.09. The van der Waals surface area contributed by atoms with Crippen LogP contribution in [0.5, 0.6) is 0 Å². The van der Waals surface area contributed by atoms with Crippen LogP contribution in [0.3, 0.4) is 0 Å². The number of pyridine rings is 1. The van der Waals surface area contributed by atoms with Gasteiger partial charge in [0, 0.05) is 23.9 Å². The van der Waals surface area contributed by atoms with Crippen LogP contribution >= 0.6 is 0 Å². The summed E-state index contributed by atoms with van der Waals surface area (Å²) in [5.74, 6) is -0.321. The highest BCUT2D eigenvalue weighted by atomic mass is 19.1. The van der Waals surface area contributed by atoms with Gasteiger partial charge in [0.25, 0.3) is 5.91 Å². The van der Waals surface area contributed by atoms with Gasteiger partial charge in [0.05, 0.1) is 0 Å². The molecule has 1 heterocycles. The van der Waals surface area contributed by atoms with Crippen molar-refractivity contribution in [2.45, 2.75) is 38.6 Å². The van der Waals surface area contributed by atoms with Gasteiger partial charge in [0.2, 0.25) is 5.95 Å². The van der Waals surface area contributed by atoms with Crippen molar-refractivity contribution in [3.8, 4) is 0 Å². The van der Waals surface area contributed by atoms with Crippen molar-refractivity contribution in [2.24, 2.45) is 5.92 Å². The number of aromatic nitrogens is 1. The summed E-state index contributed by atoms with van der Waals surface area (Å²) in [6, 6.07) is 2.92. The predicted octanol–water partition coefficient (Wildman–Crippen LogP) is 2.53. The van der Waals surface area contributed by atoms with Gasteiger partial charge >= 0.3 is 0 Å². The third kappa shape index (κ3) is 3.02. The molecule has 0 saturated heterocycles. The van der Waals surface area contributed by atoms with E-state index in [9.17, 15) is 9.18 Å². The molecule has 0 bridgehead atoms. The van der Waals surface area contributed by atoms with Crippen molar-refractivity contribution in [2.75, 3.05) is 0 Å². The van der Waals surface area contributed by atoms with Gasteiger partial charge in [-0.3, -0.25) is 4.79 Å². The second-order valence-electron chi connectivity index (χ2n) is 4.71. The third-order valence-electron chi connectivity index (χ3n) is 3.42. The Balaban J connectivity index is 2.01. The Morgan fingerprint density at radius 3 is 2.94 bits per heavy atom. The second-order valence-corrected chi connectivity index (χ2v) is 4.71. The number of carbonyl (C=O) groups excluding carboxylic acids is 1. The Morgan fingerprint density at radius 1 is 1.47 bits per heavy atom. The molecule has 17 heavy (non-hydrogen) atoms. The number of hydrogen-bond donors (Lipinski definition) is 1. The van der Waals surface area contributed by atoms with Crippen LogP contribution in [0.2, 0.25) is 0 Å². The molecule has 1 aromatic heterocycles. The van der Waals surface area contributed by atoms with Crippen LogP contribution in [0.15, 0.2) is 18.3 Å². The molecule has 0 aromatic carbocycles. The Labute approximate surface area is 100 Å². The first-order chi connectivity index (χ1) is 8.16. The highest BCUT2D eigenvalue weighted by molar-refractivity contribution is 5.94. The third-order valence-corrected chi connectivity index (χ3v) is 3.42. The molecule has 1 N–H and O–H groups in total. The normalized spacial score (nSPS) is 24.4. The molecular formula is C13H17FN2O. The molecule has 1 saturated carbocycles. The molecule has 1 fully saturated rings. The topological polar surface area (TPSA) is 42.0 Å². The minimum atomic E-state index is -0.616. The average molecular weight is 236 g/mol. The van der Waals surface area contributed by atoms with Crippen LogP contribution < -0.4 is 5.32 Å². The number of nitrogens with one attached hydrogen (secondary N) is 1. The molecule has 1 amide bonds. The number of halogens is 1. The predicted molar refractivity (Wildman–Crippen MR) is 63.1 cm³/mol. The van der Waals surface area contributed by atoms with E-state index < -0.39 is 5.95 Å². The van der Waals surface area contributed by atoms with Crippen molar-refractivity contribution >= 4 is 5.91 Å². The Kier molecular flexibility index (Phi) is 3.71. The van der Waals surface area contributed by atoms with E-state index in [2.05, 4.69) is 17.2 Å². The fourth-order valence-corrected chi connectivity index (χ4v) is 2.33. The lowest BCUT2D eigenvalue weighted by atomic mass is 9.86. The molecule has 3 nitrogen and oxygen atoms in total. The molecule has 1 aromatic rings. The lowest BCUT2D eigenvalue weighted by molar-refractivity contribution is 0.0909. The molecule has 92 valence electrons. The van der Waals surface area contributed by atoms with Gasteiger partial charge in [-0.2, -0.15) is 4.39 Å². The van der Waals surface area contributed by atoms with Crippen molar-refractivity contribution < 1.29 is 9.18 Å². The zero-order valence-electron chi connectivity index (χ0n) is 9.95. The van der Waals surface area contributed by atoms with Gasteiger partial charge in [-0.15, -0.1) is 0 Å². The molecule has 0 aliphatic heterocycles. The summed E-state index contributed by atoms with van der Waals surface area (Å²) in [4.78, 5) is 15.3. The number of amides is 1.